The van der Waals surface area contributed by atoms with Crippen LogP contribution in [-0.4, -0.2) is 41.0 Å². The highest BCUT2D eigenvalue weighted by atomic mass is 35.5. The molecule has 0 spiro atoms. The first-order chi connectivity index (χ1) is 9.97. The minimum absolute atomic E-state index is 0.0264. The standard InChI is InChI=1S/C15H19ClN2O3/c1-10-13(15(20)21)5-7-18(10)8-6-14(19)17-12-4-2-3-11(16)9-12/h2-4,9-10,13H,5-8H2,1H3,(H,17,19)(H,20,21). The molecule has 1 aliphatic heterocycles. The summed E-state index contributed by atoms with van der Waals surface area (Å²) in [5.74, 6) is -1.18. The van der Waals surface area contributed by atoms with E-state index in [1.54, 1.807) is 24.3 Å². The average Bonchev–Trinajstić information content (AvgIpc) is 2.78. The molecule has 1 aliphatic rings. The van der Waals surface area contributed by atoms with Crippen LogP contribution in [0.15, 0.2) is 24.3 Å². The fraction of sp³-hybridized carbons (Fsp3) is 0.467. The minimum Gasteiger partial charge on any atom is -0.481 e. The van der Waals surface area contributed by atoms with Crippen LogP contribution in [0.5, 0.6) is 0 Å². The predicted octanol–water partition coefficient (Wildman–Crippen LogP) is 2.46. The lowest BCUT2D eigenvalue weighted by Gasteiger charge is -2.22. The monoisotopic (exact) mass is 310 g/mol. The summed E-state index contributed by atoms with van der Waals surface area (Å²) in [4.78, 5) is 25.0. The number of benzene rings is 1. The second-order valence-electron chi connectivity index (χ2n) is 5.32. The molecule has 0 radical (unpaired) electrons. The summed E-state index contributed by atoms with van der Waals surface area (Å²) >= 11 is 5.86. The number of likely N-dealkylation sites (tertiary alicyclic amines) is 1. The molecule has 1 aromatic rings. The van der Waals surface area contributed by atoms with Crippen LogP contribution in [-0.2, 0) is 9.59 Å². The molecule has 2 atom stereocenters. The van der Waals surface area contributed by atoms with Gasteiger partial charge in [0.15, 0.2) is 0 Å². The minimum atomic E-state index is -0.756. The second-order valence-corrected chi connectivity index (χ2v) is 5.75. The van der Waals surface area contributed by atoms with Crippen molar-refractivity contribution in [2.45, 2.75) is 25.8 Å². The molecule has 1 amide bonds. The molecule has 0 bridgehead atoms. The number of hydrogen-bond donors (Lipinski definition) is 2. The highest BCUT2D eigenvalue weighted by Crippen LogP contribution is 2.24. The Labute approximate surface area is 128 Å². The van der Waals surface area contributed by atoms with Crippen LogP contribution in [0, 0.1) is 5.92 Å². The molecular formula is C15H19ClN2O3. The number of amides is 1. The highest BCUT2D eigenvalue weighted by Gasteiger charge is 2.35. The lowest BCUT2D eigenvalue weighted by atomic mass is 10.0. The van der Waals surface area contributed by atoms with E-state index >= 15 is 0 Å². The first-order valence-electron chi connectivity index (χ1n) is 6.99. The molecule has 2 rings (SSSR count). The van der Waals surface area contributed by atoms with Crippen molar-refractivity contribution in [2.75, 3.05) is 18.4 Å². The third-order valence-electron chi connectivity index (χ3n) is 3.94. The van der Waals surface area contributed by atoms with Crippen LogP contribution in [0.25, 0.3) is 0 Å². The summed E-state index contributed by atoms with van der Waals surface area (Å²) in [5.41, 5.74) is 0.672. The topological polar surface area (TPSA) is 69.6 Å². The van der Waals surface area contributed by atoms with E-state index in [2.05, 4.69) is 10.2 Å². The molecule has 5 nitrogen and oxygen atoms in total. The molecular weight excluding hydrogens is 292 g/mol. The van der Waals surface area contributed by atoms with Crippen LogP contribution in [0.3, 0.4) is 0 Å². The zero-order chi connectivity index (χ0) is 15.4. The van der Waals surface area contributed by atoms with E-state index in [1.807, 2.05) is 6.92 Å². The molecule has 1 aromatic carbocycles. The average molecular weight is 311 g/mol. The number of rotatable bonds is 5. The predicted molar refractivity (Wildman–Crippen MR) is 81.5 cm³/mol. The maximum absolute atomic E-state index is 11.9. The number of carbonyl (C=O) groups is 2. The number of nitrogens with one attached hydrogen (secondary N) is 1. The molecule has 0 aliphatic carbocycles. The van der Waals surface area contributed by atoms with E-state index in [1.165, 1.54) is 0 Å². The highest BCUT2D eigenvalue weighted by molar-refractivity contribution is 6.30. The summed E-state index contributed by atoms with van der Waals surface area (Å²) < 4.78 is 0. The Hall–Kier alpha value is -1.59. The molecule has 0 saturated carbocycles. The quantitative estimate of drug-likeness (QED) is 0.876. The normalized spacial score (nSPS) is 22.2. The van der Waals surface area contributed by atoms with Gasteiger partial charge in [-0.05, 0) is 38.1 Å². The zero-order valence-electron chi connectivity index (χ0n) is 11.9. The lowest BCUT2D eigenvalue weighted by molar-refractivity contribution is -0.142. The van der Waals surface area contributed by atoms with Crippen molar-refractivity contribution in [2.24, 2.45) is 5.92 Å². The number of carbonyl (C=O) groups excluding carboxylic acids is 1. The number of anilines is 1. The first-order valence-corrected chi connectivity index (χ1v) is 7.37. The molecule has 1 saturated heterocycles. The molecule has 6 heteroatoms. The summed E-state index contributed by atoms with van der Waals surface area (Å²) in [6, 6.07) is 6.97. The van der Waals surface area contributed by atoms with Crippen LogP contribution < -0.4 is 5.32 Å². The number of carboxylic acids is 1. The van der Waals surface area contributed by atoms with E-state index < -0.39 is 5.97 Å². The van der Waals surface area contributed by atoms with Gasteiger partial charge in [0.05, 0.1) is 5.92 Å². The molecule has 2 N–H and O–H groups in total. The third kappa shape index (κ3) is 4.19. The van der Waals surface area contributed by atoms with Gasteiger partial charge < -0.3 is 10.4 Å². The molecule has 114 valence electrons. The summed E-state index contributed by atoms with van der Waals surface area (Å²) in [6.07, 6.45) is 0.982. The van der Waals surface area contributed by atoms with Crippen LogP contribution in [0.4, 0.5) is 5.69 Å². The van der Waals surface area contributed by atoms with Gasteiger partial charge in [-0.3, -0.25) is 14.5 Å². The van der Waals surface area contributed by atoms with Crippen molar-refractivity contribution in [3.8, 4) is 0 Å². The van der Waals surface area contributed by atoms with E-state index in [-0.39, 0.29) is 17.9 Å². The molecule has 1 fully saturated rings. The Balaban J connectivity index is 1.81. The van der Waals surface area contributed by atoms with Crippen LogP contribution in [0.2, 0.25) is 5.02 Å². The third-order valence-corrected chi connectivity index (χ3v) is 4.17. The molecule has 21 heavy (non-hydrogen) atoms. The number of carboxylic acid groups (broad SMARTS) is 1. The van der Waals surface area contributed by atoms with Crippen LogP contribution in [0.1, 0.15) is 19.8 Å². The zero-order valence-corrected chi connectivity index (χ0v) is 12.6. The van der Waals surface area contributed by atoms with Gasteiger partial charge in [0.2, 0.25) is 5.91 Å². The Kier molecular flexibility index (Phi) is 5.20. The van der Waals surface area contributed by atoms with Crippen molar-refractivity contribution >= 4 is 29.2 Å². The number of aliphatic carboxylic acids is 1. The molecule has 1 heterocycles. The van der Waals surface area contributed by atoms with Gasteiger partial charge >= 0.3 is 5.97 Å². The van der Waals surface area contributed by atoms with Crippen molar-refractivity contribution in [3.63, 3.8) is 0 Å². The Morgan fingerprint density at radius 2 is 2.24 bits per heavy atom. The first kappa shape index (κ1) is 15.8. The SMILES string of the molecule is CC1C(C(=O)O)CCN1CCC(=O)Nc1cccc(Cl)c1. The van der Waals surface area contributed by atoms with Crippen molar-refractivity contribution in [3.05, 3.63) is 29.3 Å². The van der Waals surface area contributed by atoms with Gasteiger partial charge in [-0.1, -0.05) is 17.7 Å². The van der Waals surface area contributed by atoms with Gasteiger partial charge in [-0.2, -0.15) is 0 Å². The summed E-state index contributed by atoms with van der Waals surface area (Å²) in [7, 11) is 0. The largest absolute Gasteiger partial charge is 0.481 e. The van der Waals surface area contributed by atoms with Gasteiger partial charge in [0, 0.05) is 29.7 Å². The summed E-state index contributed by atoms with van der Waals surface area (Å²) in [6.45, 7) is 3.20. The maximum Gasteiger partial charge on any atom is 0.308 e. The van der Waals surface area contributed by atoms with Gasteiger partial charge in [-0.15, -0.1) is 0 Å². The molecule has 2 unspecified atom stereocenters. The fourth-order valence-electron chi connectivity index (χ4n) is 2.68. The lowest BCUT2D eigenvalue weighted by Crippen LogP contribution is -2.35. The fourth-order valence-corrected chi connectivity index (χ4v) is 2.87. The maximum atomic E-state index is 11.9. The van der Waals surface area contributed by atoms with Crippen molar-refractivity contribution in [1.82, 2.24) is 4.90 Å². The number of hydrogen-bond acceptors (Lipinski definition) is 3. The van der Waals surface area contributed by atoms with E-state index in [0.29, 0.717) is 30.1 Å². The summed E-state index contributed by atoms with van der Waals surface area (Å²) in [5, 5.41) is 12.4. The van der Waals surface area contributed by atoms with Gasteiger partial charge in [-0.25, -0.2) is 0 Å². The van der Waals surface area contributed by atoms with Crippen molar-refractivity contribution in [1.29, 1.82) is 0 Å². The molecule has 0 aromatic heterocycles. The van der Waals surface area contributed by atoms with Crippen LogP contribution >= 0.6 is 11.6 Å². The van der Waals surface area contributed by atoms with E-state index in [4.69, 9.17) is 16.7 Å². The second kappa shape index (κ2) is 6.91. The van der Waals surface area contributed by atoms with E-state index in [0.717, 1.165) is 6.54 Å². The van der Waals surface area contributed by atoms with E-state index in [9.17, 15) is 9.59 Å². The number of halogens is 1. The Morgan fingerprint density at radius 3 is 2.86 bits per heavy atom. The van der Waals surface area contributed by atoms with Gasteiger partial charge in [0.25, 0.3) is 0 Å². The Morgan fingerprint density at radius 1 is 1.48 bits per heavy atom. The van der Waals surface area contributed by atoms with Crippen molar-refractivity contribution < 1.29 is 14.7 Å². The van der Waals surface area contributed by atoms with Gasteiger partial charge in [0.1, 0.15) is 0 Å². The number of nitrogens with zero attached hydrogens (tertiary/aromatic N) is 1. The smallest absolute Gasteiger partial charge is 0.308 e. The Bertz CT molecular complexity index is 535.